The molecule has 0 heterocycles. The van der Waals surface area contributed by atoms with Crippen LogP contribution in [-0.4, -0.2) is 44.3 Å². The van der Waals surface area contributed by atoms with E-state index in [1.807, 2.05) is 37.3 Å². The molecule has 2 amide bonds. The Hall–Kier alpha value is -3.72. The van der Waals surface area contributed by atoms with E-state index in [1.54, 1.807) is 37.3 Å². The van der Waals surface area contributed by atoms with Crippen molar-refractivity contribution in [2.75, 3.05) is 17.4 Å². The van der Waals surface area contributed by atoms with Crippen molar-refractivity contribution in [2.45, 2.75) is 37.8 Å². The topological polar surface area (TPSA) is 86.8 Å². The summed E-state index contributed by atoms with van der Waals surface area (Å²) < 4.78 is 41.6. The Bertz CT molecular complexity index is 1250. The molecule has 3 rings (SSSR count). The number of para-hydroxylation sites is 1. The first-order valence-electron chi connectivity index (χ1n) is 11.7. The van der Waals surface area contributed by atoms with Gasteiger partial charge in [0.1, 0.15) is 18.4 Å². The number of nitrogens with zero attached hydrogens (tertiary/aromatic N) is 2. The Morgan fingerprint density at radius 1 is 0.917 bits per heavy atom. The summed E-state index contributed by atoms with van der Waals surface area (Å²) >= 11 is 0. The molecule has 3 aromatic rings. The Balaban J connectivity index is 1.97. The zero-order chi connectivity index (χ0) is 26.1. The summed E-state index contributed by atoms with van der Waals surface area (Å²) in [5.41, 5.74) is 1.08. The summed E-state index contributed by atoms with van der Waals surface area (Å²) in [6.07, 6.45) is 0.739. The van der Waals surface area contributed by atoms with E-state index in [0.29, 0.717) is 6.54 Å². The molecule has 3 aromatic carbocycles. The Morgan fingerprint density at radius 3 is 2.08 bits per heavy atom. The highest BCUT2D eigenvalue weighted by Crippen LogP contribution is 2.24. The van der Waals surface area contributed by atoms with E-state index in [1.165, 1.54) is 4.90 Å². The highest BCUT2D eigenvalue weighted by Gasteiger charge is 2.32. The summed E-state index contributed by atoms with van der Waals surface area (Å²) in [7, 11) is -4.21. The normalized spacial score (nSPS) is 12.0. The highest BCUT2D eigenvalue weighted by atomic mass is 32.2. The van der Waals surface area contributed by atoms with Gasteiger partial charge in [-0.1, -0.05) is 55.5 Å². The molecular formula is C27H30FN3O4S. The van der Waals surface area contributed by atoms with E-state index in [-0.39, 0.29) is 23.0 Å². The minimum absolute atomic E-state index is 0.125. The molecule has 1 N–H and O–H groups in total. The van der Waals surface area contributed by atoms with E-state index in [2.05, 4.69) is 5.32 Å². The molecule has 0 aliphatic carbocycles. The third-order valence-electron chi connectivity index (χ3n) is 5.64. The van der Waals surface area contributed by atoms with Crippen molar-refractivity contribution in [3.05, 3.63) is 96.3 Å². The number of carbonyl (C=O) groups is 2. The fourth-order valence-electron chi connectivity index (χ4n) is 3.62. The molecule has 0 unspecified atom stereocenters. The van der Waals surface area contributed by atoms with Crippen molar-refractivity contribution in [3.8, 4) is 0 Å². The van der Waals surface area contributed by atoms with Crippen molar-refractivity contribution in [1.29, 1.82) is 0 Å². The van der Waals surface area contributed by atoms with Crippen LogP contribution in [0.5, 0.6) is 0 Å². The standard InChI is InChI=1S/C27H30FN3O4S/c1-3-18-29-27(33)21(2)30(19-22-10-6-4-7-11-22)26(32)20-31(24-12-8-5-9-13-24)36(34,35)25-16-14-23(28)15-17-25/h4-17,21H,3,18-20H2,1-2H3,(H,29,33)/t21-/m1/s1. The smallest absolute Gasteiger partial charge is 0.264 e. The van der Waals surface area contributed by atoms with E-state index in [9.17, 15) is 22.4 Å². The zero-order valence-electron chi connectivity index (χ0n) is 20.3. The van der Waals surface area contributed by atoms with Crippen LogP contribution in [0.4, 0.5) is 10.1 Å². The van der Waals surface area contributed by atoms with Crippen LogP contribution in [-0.2, 0) is 26.2 Å². The second-order valence-electron chi connectivity index (χ2n) is 8.28. The van der Waals surface area contributed by atoms with Gasteiger partial charge in [0, 0.05) is 13.1 Å². The van der Waals surface area contributed by atoms with Crippen LogP contribution < -0.4 is 9.62 Å². The van der Waals surface area contributed by atoms with Gasteiger partial charge in [0.15, 0.2) is 0 Å². The molecule has 0 fully saturated rings. The summed E-state index contributed by atoms with van der Waals surface area (Å²) in [5, 5.41) is 2.80. The maximum Gasteiger partial charge on any atom is 0.264 e. The lowest BCUT2D eigenvalue weighted by Gasteiger charge is -2.32. The number of halogens is 1. The Morgan fingerprint density at radius 2 is 1.50 bits per heavy atom. The van der Waals surface area contributed by atoms with Crippen LogP contribution in [0.1, 0.15) is 25.8 Å². The first-order chi connectivity index (χ1) is 17.2. The third kappa shape index (κ3) is 6.69. The fourth-order valence-corrected chi connectivity index (χ4v) is 5.03. The molecule has 7 nitrogen and oxygen atoms in total. The number of nitrogens with one attached hydrogen (secondary N) is 1. The van der Waals surface area contributed by atoms with Gasteiger partial charge >= 0.3 is 0 Å². The van der Waals surface area contributed by atoms with Crippen LogP contribution in [0.3, 0.4) is 0 Å². The minimum Gasteiger partial charge on any atom is -0.354 e. The summed E-state index contributed by atoms with van der Waals surface area (Å²) in [6.45, 7) is 3.59. The van der Waals surface area contributed by atoms with E-state index in [4.69, 9.17) is 0 Å². The van der Waals surface area contributed by atoms with Crippen LogP contribution in [0.2, 0.25) is 0 Å². The Kier molecular flexibility index (Phi) is 9.19. The number of hydrogen-bond acceptors (Lipinski definition) is 4. The molecule has 0 aromatic heterocycles. The molecule has 0 bridgehead atoms. The van der Waals surface area contributed by atoms with Gasteiger partial charge in [-0.2, -0.15) is 0 Å². The molecule has 36 heavy (non-hydrogen) atoms. The zero-order valence-corrected chi connectivity index (χ0v) is 21.1. The summed E-state index contributed by atoms with van der Waals surface area (Å²) in [5.74, 6) is -1.45. The van der Waals surface area contributed by atoms with Crippen LogP contribution in [0.15, 0.2) is 89.8 Å². The average molecular weight is 512 g/mol. The van der Waals surface area contributed by atoms with Gasteiger partial charge in [-0.05, 0) is 55.3 Å². The van der Waals surface area contributed by atoms with E-state index < -0.39 is 34.3 Å². The molecule has 190 valence electrons. The molecule has 0 aliphatic heterocycles. The molecule has 0 radical (unpaired) electrons. The molecule has 0 saturated heterocycles. The van der Waals surface area contributed by atoms with Crippen LogP contribution in [0, 0.1) is 5.82 Å². The van der Waals surface area contributed by atoms with Gasteiger partial charge in [0.05, 0.1) is 10.6 Å². The van der Waals surface area contributed by atoms with Crippen molar-refractivity contribution >= 4 is 27.5 Å². The van der Waals surface area contributed by atoms with Crippen molar-refractivity contribution in [1.82, 2.24) is 10.2 Å². The summed E-state index contributed by atoms with van der Waals surface area (Å²) in [6, 6.07) is 21.0. The van der Waals surface area contributed by atoms with Gasteiger partial charge in [0.25, 0.3) is 10.0 Å². The lowest BCUT2D eigenvalue weighted by Crippen LogP contribution is -2.51. The van der Waals surface area contributed by atoms with E-state index >= 15 is 0 Å². The van der Waals surface area contributed by atoms with Gasteiger partial charge in [-0.15, -0.1) is 0 Å². The SMILES string of the molecule is CCCNC(=O)[C@@H](C)N(Cc1ccccc1)C(=O)CN(c1ccccc1)S(=O)(=O)c1ccc(F)cc1. The van der Waals surface area contributed by atoms with Crippen LogP contribution >= 0.6 is 0 Å². The predicted molar refractivity (Wildman–Crippen MR) is 137 cm³/mol. The lowest BCUT2D eigenvalue weighted by molar-refractivity contribution is -0.139. The number of rotatable bonds is 11. The van der Waals surface area contributed by atoms with Gasteiger partial charge < -0.3 is 10.2 Å². The second kappa shape index (κ2) is 12.3. The molecule has 0 spiro atoms. The van der Waals surface area contributed by atoms with E-state index in [0.717, 1.165) is 40.6 Å². The van der Waals surface area contributed by atoms with Crippen molar-refractivity contribution < 1.29 is 22.4 Å². The number of hydrogen-bond donors (Lipinski definition) is 1. The second-order valence-corrected chi connectivity index (χ2v) is 10.1. The third-order valence-corrected chi connectivity index (χ3v) is 7.43. The minimum atomic E-state index is -4.21. The molecular weight excluding hydrogens is 481 g/mol. The quantitative estimate of drug-likeness (QED) is 0.422. The maximum absolute atomic E-state index is 13.7. The average Bonchev–Trinajstić information content (AvgIpc) is 2.89. The maximum atomic E-state index is 13.7. The van der Waals surface area contributed by atoms with Gasteiger partial charge in [-0.3, -0.25) is 13.9 Å². The highest BCUT2D eigenvalue weighted by molar-refractivity contribution is 7.92. The fraction of sp³-hybridized carbons (Fsp3) is 0.259. The van der Waals surface area contributed by atoms with Gasteiger partial charge in [0.2, 0.25) is 11.8 Å². The summed E-state index contributed by atoms with van der Waals surface area (Å²) in [4.78, 5) is 27.7. The Labute approximate surface area is 211 Å². The molecule has 1 atom stereocenters. The number of carbonyl (C=O) groups excluding carboxylic acids is 2. The first-order valence-corrected chi connectivity index (χ1v) is 13.1. The molecule has 9 heteroatoms. The largest absolute Gasteiger partial charge is 0.354 e. The number of amides is 2. The lowest BCUT2D eigenvalue weighted by atomic mass is 10.1. The monoisotopic (exact) mass is 511 g/mol. The van der Waals surface area contributed by atoms with Gasteiger partial charge in [-0.25, -0.2) is 12.8 Å². The first kappa shape index (κ1) is 26.9. The van der Waals surface area contributed by atoms with Crippen molar-refractivity contribution in [3.63, 3.8) is 0 Å². The number of anilines is 1. The predicted octanol–water partition coefficient (Wildman–Crippen LogP) is 3.96. The number of benzene rings is 3. The molecule has 0 aliphatic rings. The molecule has 0 saturated carbocycles. The van der Waals surface area contributed by atoms with Crippen molar-refractivity contribution in [2.24, 2.45) is 0 Å². The number of sulfonamides is 1. The van der Waals surface area contributed by atoms with Crippen LogP contribution in [0.25, 0.3) is 0 Å².